The van der Waals surface area contributed by atoms with Crippen LogP contribution >= 0.6 is 12.2 Å². The molecule has 0 spiro atoms. The van der Waals surface area contributed by atoms with Gasteiger partial charge in [-0.3, -0.25) is 4.90 Å². The normalized spacial score (nSPS) is 15.3. The standard InChI is InChI=1S/C23H30N4O3S/c1-25-22(21-5-4-12-30-21)24-27(23(25)31)16-26-10-8-17(9-11-26)6-7-18-13-19(28-2)15-20(14-18)29-3/h4-5,12-15,17H,6-11,16H2,1-3H3. The van der Waals surface area contributed by atoms with Crippen molar-refractivity contribution in [1.82, 2.24) is 19.2 Å². The fourth-order valence-corrected chi connectivity index (χ4v) is 4.37. The van der Waals surface area contributed by atoms with Gasteiger partial charge in [0.1, 0.15) is 11.5 Å². The Morgan fingerprint density at radius 1 is 1.13 bits per heavy atom. The van der Waals surface area contributed by atoms with Crippen molar-refractivity contribution in [2.45, 2.75) is 32.4 Å². The van der Waals surface area contributed by atoms with Crippen LogP contribution in [0.1, 0.15) is 24.8 Å². The van der Waals surface area contributed by atoms with Crippen molar-refractivity contribution in [1.29, 1.82) is 0 Å². The molecular formula is C23H30N4O3S. The van der Waals surface area contributed by atoms with Crippen LogP contribution < -0.4 is 9.47 Å². The lowest BCUT2D eigenvalue weighted by molar-refractivity contribution is 0.136. The number of hydrogen-bond donors (Lipinski definition) is 0. The zero-order valence-electron chi connectivity index (χ0n) is 18.4. The van der Waals surface area contributed by atoms with Crippen LogP contribution in [0, 0.1) is 10.7 Å². The molecule has 7 nitrogen and oxygen atoms in total. The van der Waals surface area contributed by atoms with Crippen LogP contribution in [0.2, 0.25) is 0 Å². The number of benzene rings is 1. The van der Waals surface area contributed by atoms with E-state index in [1.807, 2.05) is 34.5 Å². The lowest BCUT2D eigenvalue weighted by Crippen LogP contribution is -2.35. The molecule has 0 aliphatic carbocycles. The van der Waals surface area contributed by atoms with Gasteiger partial charge in [-0.05, 0) is 73.6 Å². The van der Waals surface area contributed by atoms with E-state index in [2.05, 4.69) is 22.1 Å². The third-order valence-corrected chi connectivity index (χ3v) is 6.56. The van der Waals surface area contributed by atoms with E-state index in [0.717, 1.165) is 48.5 Å². The number of piperidine rings is 1. The summed E-state index contributed by atoms with van der Waals surface area (Å²) in [6, 6.07) is 9.91. The average molecular weight is 443 g/mol. The zero-order chi connectivity index (χ0) is 21.8. The molecule has 2 aromatic heterocycles. The molecule has 8 heteroatoms. The molecule has 3 aromatic rings. The molecule has 0 bridgehead atoms. The van der Waals surface area contributed by atoms with E-state index in [1.165, 1.54) is 24.8 Å². The molecule has 1 fully saturated rings. The smallest absolute Gasteiger partial charge is 0.199 e. The number of aromatic nitrogens is 3. The first-order chi connectivity index (χ1) is 15.1. The van der Waals surface area contributed by atoms with Crippen molar-refractivity contribution in [3.05, 3.63) is 46.9 Å². The highest BCUT2D eigenvalue weighted by Crippen LogP contribution is 2.27. The molecule has 1 aromatic carbocycles. The zero-order valence-corrected chi connectivity index (χ0v) is 19.2. The summed E-state index contributed by atoms with van der Waals surface area (Å²) in [5.74, 6) is 3.93. The number of furan rings is 1. The molecule has 1 saturated heterocycles. The quantitative estimate of drug-likeness (QED) is 0.478. The van der Waals surface area contributed by atoms with Crippen LogP contribution in [0.15, 0.2) is 41.0 Å². The predicted molar refractivity (Wildman–Crippen MR) is 122 cm³/mol. The molecule has 1 aliphatic rings. The summed E-state index contributed by atoms with van der Waals surface area (Å²) in [5, 5.41) is 4.69. The molecule has 3 heterocycles. The number of rotatable bonds is 8. The molecule has 0 saturated carbocycles. The number of methoxy groups -OCH3 is 2. The maximum atomic E-state index is 5.59. The van der Waals surface area contributed by atoms with Crippen LogP contribution in [-0.4, -0.2) is 46.6 Å². The summed E-state index contributed by atoms with van der Waals surface area (Å²) >= 11 is 5.59. The number of likely N-dealkylation sites (tertiary alicyclic amines) is 1. The maximum absolute atomic E-state index is 5.59. The Balaban J connectivity index is 1.31. The lowest BCUT2D eigenvalue weighted by atomic mass is 9.90. The van der Waals surface area contributed by atoms with Gasteiger partial charge in [0.05, 0.1) is 27.2 Å². The highest BCUT2D eigenvalue weighted by atomic mass is 32.1. The molecule has 166 valence electrons. The van der Waals surface area contributed by atoms with Crippen LogP contribution in [-0.2, 0) is 20.1 Å². The minimum Gasteiger partial charge on any atom is -0.497 e. The minimum atomic E-state index is 0.709. The second kappa shape index (κ2) is 9.70. The molecule has 0 unspecified atom stereocenters. The second-order valence-electron chi connectivity index (χ2n) is 8.10. The second-order valence-corrected chi connectivity index (χ2v) is 8.47. The van der Waals surface area contributed by atoms with Gasteiger partial charge in [0.25, 0.3) is 0 Å². The summed E-state index contributed by atoms with van der Waals surface area (Å²) in [7, 11) is 5.32. The lowest BCUT2D eigenvalue weighted by Gasteiger charge is -2.31. The van der Waals surface area contributed by atoms with Crippen molar-refractivity contribution in [2.24, 2.45) is 13.0 Å². The highest BCUT2D eigenvalue weighted by Gasteiger charge is 2.21. The Morgan fingerprint density at radius 3 is 2.45 bits per heavy atom. The Kier molecular flexibility index (Phi) is 6.77. The topological polar surface area (TPSA) is 57.6 Å². The largest absolute Gasteiger partial charge is 0.497 e. The van der Waals surface area contributed by atoms with Crippen molar-refractivity contribution >= 4 is 12.2 Å². The van der Waals surface area contributed by atoms with Crippen molar-refractivity contribution < 1.29 is 13.9 Å². The van der Waals surface area contributed by atoms with E-state index in [-0.39, 0.29) is 0 Å². The van der Waals surface area contributed by atoms with Crippen molar-refractivity contribution in [2.75, 3.05) is 27.3 Å². The van der Waals surface area contributed by atoms with Crippen LogP contribution in [0.25, 0.3) is 11.6 Å². The van der Waals surface area contributed by atoms with E-state index in [1.54, 1.807) is 20.5 Å². The number of ether oxygens (including phenoxy) is 2. The Morgan fingerprint density at radius 2 is 1.84 bits per heavy atom. The van der Waals surface area contributed by atoms with Crippen LogP contribution in [0.3, 0.4) is 0 Å². The summed E-state index contributed by atoms with van der Waals surface area (Å²) in [6.07, 6.45) is 6.24. The minimum absolute atomic E-state index is 0.709. The molecule has 0 radical (unpaired) electrons. The Labute approximate surface area is 188 Å². The Bertz CT molecular complexity index is 1030. The number of aryl methyl sites for hydroxylation is 1. The third-order valence-electron chi connectivity index (χ3n) is 6.08. The molecule has 0 amide bonds. The molecule has 1 aliphatic heterocycles. The van der Waals surface area contributed by atoms with Gasteiger partial charge in [0.15, 0.2) is 16.4 Å². The predicted octanol–water partition coefficient (Wildman–Crippen LogP) is 4.53. The van der Waals surface area contributed by atoms with Gasteiger partial charge in [-0.2, -0.15) is 0 Å². The van der Waals surface area contributed by atoms with E-state index in [4.69, 9.17) is 26.1 Å². The van der Waals surface area contributed by atoms with E-state index in [9.17, 15) is 0 Å². The van der Waals surface area contributed by atoms with Gasteiger partial charge in [-0.15, -0.1) is 5.10 Å². The van der Waals surface area contributed by atoms with Crippen LogP contribution in [0.4, 0.5) is 0 Å². The van der Waals surface area contributed by atoms with Crippen molar-refractivity contribution in [3.8, 4) is 23.1 Å². The van der Waals surface area contributed by atoms with Gasteiger partial charge >= 0.3 is 0 Å². The fourth-order valence-electron chi connectivity index (χ4n) is 4.19. The van der Waals surface area contributed by atoms with Gasteiger partial charge in [-0.1, -0.05) is 0 Å². The summed E-state index contributed by atoms with van der Waals surface area (Å²) in [6.45, 7) is 2.83. The van der Waals surface area contributed by atoms with Gasteiger partial charge < -0.3 is 18.5 Å². The first-order valence-corrected chi connectivity index (χ1v) is 11.1. The molecular weight excluding hydrogens is 412 g/mol. The third kappa shape index (κ3) is 5.02. The monoisotopic (exact) mass is 442 g/mol. The highest BCUT2D eigenvalue weighted by molar-refractivity contribution is 7.71. The first kappa shape index (κ1) is 21.6. The molecule has 31 heavy (non-hydrogen) atoms. The average Bonchev–Trinajstić information content (AvgIpc) is 3.43. The Hall–Kier alpha value is -2.58. The summed E-state index contributed by atoms with van der Waals surface area (Å²) in [5.41, 5.74) is 1.27. The van der Waals surface area contributed by atoms with E-state index < -0.39 is 0 Å². The molecule has 0 N–H and O–H groups in total. The van der Waals surface area contributed by atoms with E-state index >= 15 is 0 Å². The first-order valence-electron chi connectivity index (χ1n) is 10.7. The molecule has 0 atom stereocenters. The van der Waals surface area contributed by atoms with Gasteiger partial charge in [0, 0.05) is 26.2 Å². The summed E-state index contributed by atoms with van der Waals surface area (Å²) in [4.78, 5) is 2.43. The SMILES string of the molecule is COc1cc(CCC2CCN(Cn3nc(-c4ccco4)n(C)c3=S)CC2)cc(OC)c1. The van der Waals surface area contributed by atoms with Gasteiger partial charge in [0.2, 0.25) is 0 Å². The number of nitrogens with zero attached hydrogens (tertiary/aromatic N) is 4. The van der Waals surface area contributed by atoms with Crippen molar-refractivity contribution in [3.63, 3.8) is 0 Å². The fraction of sp³-hybridized carbons (Fsp3) is 0.478. The van der Waals surface area contributed by atoms with Crippen LogP contribution in [0.5, 0.6) is 11.5 Å². The number of hydrogen-bond acceptors (Lipinski definition) is 6. The molecule has 4 rings (SSSR count). The summed E-state index contributed by atoms with van der Waals surface area (Å²) < 4.78 is 20.8. The van der Waals surface area contributed by atoms with E-state index in [0.29, 0.717) is 11.4 Å². The maximum Gasteiger partial charge on any atom is 0.199 e. The van der Waals surface area contributed by atoms with Gasteiger partial charge in [-0.25, -0.2) is 4.68 Å².